The topological polar surface area (TPSA) is 82.3 Å². The first-order valence-corrected chi connectivity index (χ1v) is 6.16. The number of nitrogens with zero attached hydrogens (tertiary/aromatic N) is 2. The lowest BCUT2D eigenvalue weighted by Gasteiger charge is -2.21. The van der Waals surface area contributed by atoms with Gasteiger partial charge in [-0.3, -0.25) is 15.8 Å². The van der Waals surface area contributed by atoms with E-state index in [0.717, 1.165) is 11.3 Å². The van der Waals surface area contributed by atoms with Gasteiger partial charge in [0.1, 0.15) is 11.5 Å². The van der Waals surface area contributed by atoms with Gasteiger partial charge in [-0.25, -0.2) is 5.43 Å². The third-order valence-corrected chi connectivity index (χ3v) is 3.02. The molecule has 0 aliphatic carbocycles. The quantitative estimate of drug-likeness (QED) is 0.632. The molecule has 0 aliphatic rings. The summed E-state index contributed by atoms with van der Waals surface area (Å²) in [4.78, 5) is 8.61. The van der Waals surface area contributed by atoms with Crippen molar-refractivity contribution in [1.29, 1.82) is 0 Å². The summed E-state index contributed by atoms with van der Waals surface area (Å²) in [5.74, 6) is 7.04. The molecule has 0 spiro atoms. The maximum Gasteiger partial charge on any atom is 0.127 e. The Hall–Kier alpha value is -2.18. The zero-order valence-corrected chi connectivity index (χ0v) is 11.8. The zero-order valence-electron chi connectivity index (χ0n) is 11.8. The molecule has 6 heteroatoms. The Kier molecular flexibility index (Phi) is 4.49. The highest BCUT2D eigenvalue weighted by Gasteiger charge is 2.22. The van der Waals surface area contributed by atoms with Gasteiger partial charge in [-0.2, -0.15) is 0 Å². The van der Waals surface area contributed by atoms with E-state index in [4.69, 9.17) is 15.3 Å². The molecule has 0 saturated carbocycles. The molecule has 0 saturated heterocycles. The molecule has 20 heavy (non-hydrogen) atoms. The van der Waals surface area contributed by atoms with Gasteiger partial charge in [0.2, 0.25) is 0 Å². The van der Waals surface area contributed by atoms with Crippen molar-refractivity contribution >= 4 is 0 Å². The average Bonchev–Trinajstić information content (AvgIpc) is 2.49. The van der Waals surface area contributed by atoms with Crippen molar-refractivity contribution in [1.82, 2.24) is 15.4 Å². The number of nitrogens with two attached hydrogens (primary N) is 1. The van der Waals surface area contributed by atoms with Crippen LogP contribution < -0.4 is 20.7 Å². The minimum Gasteiger partial charge on any atom is -0.496 e. The van der Waals surface area contributed by atoms with E-state index in [1.165, 1.54) is 0 Å². The lowest BCUT2D eigenvalue weighted by Crippen LogP contribution is -2.30. The second-order valence-corrected chi connectivity index (χ2v) is 4.26. The standard InChI is InChI=1S/C14H18N4O2/c1-9-7-17-10(8-16-9)14(18-15)13-11(19-2)5-4-6-12(13)20-3/h4-8,14,18H,15H2,1-3H3. The fourth-order valence-electron chi connectivity index (χ4n) is 2.03. The van der Waals surface area contributed by atoms with E-state index >= 15 is 0 Å². The van der Waals surface area contributed by atoms with Crippen molar-refractivity contribution in [3.05, 3.63) is 47.5 Å². The summed E-state index contributed by atoms with van der Waals surface area (Å²) in [5.41, 5.74) is 5.07. The van der Waals surface area contributed by atoms with Crippen LogP contribution >= 0.6 is 0 Å². The molecule has 0 bridgehead atoms. The Morgan fingerprint density at radius 1 is 1.10 bits per heavy atom. The third kappa shape index (κ3) is 2.71. The Balaban J connectivity index is 2.53. The van der Waals surface area contributed by atoms with Crippen LogP contribution in [0.3, 0.4) is 0 Å². The Morgan fingerprint density at radius 2 is 1.75 bits per heavy atom. The molecule has 0 aliphatic heterocycles. The Bertz CT molecular complexity index is 550. The van der Waals surface area contributed by atoms with E-state index in [-0.39, 0.29) is 6.04 Å². The first-order chi connectivity index (χ1) is 9.71. The molecular weight excluding hydrogens is 256 g/mol. The summed E-state index contributed by atoms with van der Waals surface area (Å²) in [6, 6.07) is 5.19. The fourth-order valence-corrected chi connectivity index (χ4v) is 2.03. The van der Waals surface area contributed by atoms with Gasteiger partial charge < -0.3 is 9.47 Å². The van der Waals surface area contributed by atoms with Crippen molar-refractivity contribution < 1.29 is 9.47 Å². The Labute approximate surface area is 117 Å². The predicted octanol–water partition coefficient (Wildman–Crippen LogP) is 1.35. The summed E-state index contributed by atoms with van der Waals surface area (Å²) >= 11 is 0. The number of rotatable bonds is 5. The summed E-state index contributed by atoms with van der Waals surface area (Å²) < 4.78 is 10.8. The summed E-state index contributed by atoms with van der Waals surface area (Å²) in [7, 11) is 3.21. The van der Waals surface area contributed by atoms with E-state index < -0.39 is 0 Å². The first kappa shape index (κ1) is 14.2. The van der Waals surface area contributed by atoms with Crippen molar-refractivity contribution in [3.8, 4) is 11.5 Å². The van der Waals surface area contributed by atoms with Gasteiger partial charge in [0.25, 0.3) is 0 Å². The van der Waals surface area contributed by atoms with Crippen LogP contribution in [0.4, 0.5) is 0 Å². The summed E-state index contributed by atoms with van der Waals surface area (Å²) in [5, 5.41) is 0. The fraction of sp³-hybridized carbons (Fsp3) is 0.286. The van der Waals surface area contributed by atoms with Crippen LogP contribution in [-0.4, -0.2) is 24.2 Å². The highest BCUT2D eigenvalue weighted by atomic mass is 16.5. The number of methoxy groups -OCH3 is 2. The molecule has 0 amide bonds. The highest BCUT2D eigenvalue weighted by molar-refractivity contribution is 5.49. The molecule has 2 rings (SSSR count). The van der Waals surface area contributed by atoms with Crippen LogP contribution in [0.1, 0.15) is 23.0 Å². The van der Waals surface area contributed by atoms with E-state index in [0.29, 0.717) is 17.2 Å². The lowest BCUT2D eigenvalue weighted by atomic mass is 10.0. The molecule has 1 aromatic carbocycles. The van der Waals surface area contributed by atoms with E-state index in [1.807, 2.05) is 25.1 Å². The molecule has 0 fully saturated rings. The number of hydrazine groups is 1. The molecule has 0 radical (unpaired) electrons. The van der Waals surface area contributed by atoms with Crippen LogP contribution in [-0.2, 0) is 0 Å². The van der Waals surface area contributed by atoms with Crippen LogP contribution in [0.2, 0.25) is 0 Å². The van der Waals surface area contributed by atoms with Gasteiger partial charge in [-0.05, 0) is 19.1 Å². The highest BCUT2D eigenvalue weighted by Crippen LogP contribution is 2.36. The average molecular weight is 274 g/mol. The third-order valence-electron chi connectivity index (χ3n) is 3.02. The van der Waals surface area contributed by atoms with Crippen molar-refractivity contribution in [3.63, 3.8) is 0 Å². The van der Waals surface area contributed by atoms with Crippen LogP contribution in [0.15, 0.2) is 30.6 Å². The molecule has 1 atom stereocenters. The normalized spacial score (nSPS) is 12.0. The number of hydrogen-bond acceptors (Lipinski definition) is 6. The second-order valence-electron chi connectivity index (χ2n) is 4.26. The number of ether oxygens (including phenoxy) is 2. The van der Waals surface area contributed by atoms with Crippen molar-refractivity contribution in [2.75, 3.05) is 14.2 Å². The lowest BCUT2D eigenvalue weighted by molar-refractivity contribution is 0.376. The van der Waals surface area contributed by atoms with Gasteiger partial charge in [-0.15, -0.1) is 0 Å². The summed E-state index contributed by atoms with van der Waals surface area (Å²) in [6.45, 7) is 1.88. The first-order valence-electron chi connectivity index (χ1n) is 6.16. The number of aryl methyl sites for hydroxylation is 1. The van der Waals surface area contributed by atoms with E-state index in [2.05, 4.69) is 15.4 Å². The van der Waals surface area contributed by atoms with Gasteiger partial charge in [0.05, 0.1) is 43.4 Å². The van der Waals surface area contributed by atoms with Crippen LogP contribution in [0, 0.1) is 6.92 Å². The molecule has 1 aromatic heterocycles. The number of hydrogen-bond donors (Lipinski definition) is 2. The minimum absolute atomic E-state index is 0.366. The molecule has 106 valence electrons. The smallest absolute Gasteiger partial charge is 0.127 e. The monoisotopic (exact) mass is 274 g/mol. The maximum absolute atomic E-state index is 5.69. The molecule has 1 unspecified atom stereocenters. The van der Waals surface area contributed by atoms with Gasteiger partial charge in [0.15, 0.2) is 0 Å². The number of benzene rings is 1. The zero-order chi connectivity index (χ0) is 14.5. The van der Waals surface area contributed by atoms with Crippen molar-refractivity contribution in [2.24, 2.45) is 5.84 Å². The summed E-state index contributed by atoms with van der Waals surface area (Å²) in [6.07, 6.45) is 3.38. The number of aromatic nitrogens is 2. The minimum atomic E-state index is -0.366. The Morgan fingerprint density at radius 3 is 2.20 bits per heavy atom. The molecule has 2 aromatic rings. The van der Waals surface area contributed by atoms with Gasteiger partial charge >= 0.3 is 0 Å². The number of nitrogens with one attached hydrogen (secondary N) is 1. The van der Waals surface area contributed by atoms with E-state index in [9.17, 15) is 0 Å². The van der Waals surface area contributed by atoms with Crippen LogP contribution in [0.25, 0.3) is 0 Å². The SMILES string of the molecule is COc1cccc(OC)c1C(NN)c1cnc(C)cn1. The maximum atomic E-state index is 5.69. The van der Waals surface area contributed by atoms with Crippen LogP contribution in [0.5, 0.6) is 11.5 Å². The molecule has 3 N–H and O–H groups in total. The predicted molar refractivity (Wildman–Crippen MR) is 75.5 cm³/mol. The molecule has 6 nitrogen and oxygen atoms in total. The van der Waals surface area contributed by atoms with Gasteiger partial charge in [-0.1, -0.05) is 6.07 Å². The van der Waals surface area contributed by atoms with E-state index in [1.54, 1.807) is 26.6 Å². The molecular formula is C14H18N4O2. The molecule has 1 heterocycles. The second kappa shape index (κ2) is 6.31. The largest absolute Gasteiger partial charge is 0.496 e. The van der Waals surface area contributed by atoms with Gasteiger partial charge in [0, 0.05) is 6.20 Å². The van der Waals surface area contributed by atoms with Crippen molar-refractivity contribution in [2.45, 2.75) is 13.0 Å².